The summed E-state index contributed by atoms with van der Waals surface area (Å²) >= 11 is 0. The zero-order valence-corrected chi connectivity index (χ0v) is 18.0. The van der Waals surface area contributed by atoms with E-state index in [2.05, 4.69) is 5.32 Å². The van der Waals surface area contributed by atoms with Crippen molar-refractivity contribution in [3.63, 3.8) is 0 Å². The predicted octanol–water partition coefficient (Wildman–Crippen LogP) is 2.98. The summed E-state index contributed by atoms with van der Waals surface area (Å²) in [6, 6.07) is 13.3. The zero-order chi connectivity index (χ0) is 21.4. The fraction of sp³-hybridized carbons (Fsp3) is 0.381. The van der Waals surface area contributed by atoms with E-state index in [0.717, 1.165) is 15.6 Å². The summed E-state index contributed by atoms with van der Waals surface area (Å²) in [5.74, 6) is 0.955. The van der Waals surface area contributed by atoms with Crippen LogP contribution in [-0.4, -0.2) is 45.4 Å². The highest BCUT2D eigenvalue weighted by Crippen LogP contribution is 2.20. The number of hydrogen-bond acceptors (Lipinski definition) is 5. The Kier molecular flexibility index (Phi) is 8.04. The molecule has 0 radical (unpaired) electrons. The number of hydrogen-bond donors (Lipinski definition) is 1. The van der Waals surface area contributed by atoms with Crippen LogP contribution in [0.1, 0.15) is 32.4 Å². The molecule has 2 aromatic rings. The first-order chi connectivity index (χ1) is 13.8. The van der Waals surface area contributed by atoms with Gasteiger partial charge in [-0.2, -0.15) is 4.31 Å². The fourth-order valence-electron chi connectivity index (χ4n) is 2.81. The molecular weight excluding hydrogens is 392 g/mol. The van der Waals surface area contributed by atoms with Gasteiger partial charge in [0.1, 0.15) is 11.5 Å². The van der Waals surface area contributed by atoms with Crippen LogP contribution in [0.4, 0.5) is 0 Å². The lowest BCUT2D eigenvalue weighted by Gasteiger charge is -2.22. The standard InChI is InChI=1S/C21H28N2O5S/c1-5-23(29(25,26)20-13-11-19(12-14-20)28-6-2)15-21(24)22-16(3)17-7-9-18(27-4)10-8-17/h7-14,16H,5-6,15H2,1-4H3,(H,22,24)/t16-/m0/s1. The van der Waals surface area contributed by atoms with Crippen molar-refractivity contribution in [2.45, 2.75) is 31.7 Å². The third kappa shape index (κ3) is 5.95. The minimum Gasteiger partial charge on any atom is -0.497 e. The zero-order valence-electron chi connectivity index (χ0n) is 17.2. The Morgan fingerprint density at radius 1 is 1.03 bits per heavy atom. The summed E-state index contributed by atoms with van der Waals surface area (Å²) in [5.41, 5.74) is 0.900. The maximum Gasteiger partial charge on any atom is 0.243 e. The Bertz CT molecular complexity index is 896. The Morgan fingerprint density at radius 2 is 1.62 bits per heavy atom. The lowest BCUT2D eigenvalue weighted by Crippen LogP contribution is -2.41. The Labute approximate surface area is 172 Å². The number of carbonyl (C=O) groups is 1. The molecule has 2 aromatic carbocycles. The molecule has 0 fully saturated rings. The average Bonchev–Trinajstić information content (AvgIpc) is 2.72. The summed E-state index contributed by atoms with van der Waals surface area (Å²) in [6.45, 7) is 5.82. The van der Waals surface area contributed by atoms with Gasteiger partial charge in [0, 0.05) is 6.54 Å². The molecule has 0 heterocycles. The number of amides is 1. The van der Waals surface area contributed by atoms with Gasteiger partial charge in [0.15, 0.2) is 0 Å². The highest BCUT2D eigenvalue weighted by atomic mass is 32.2. The number of methoxy groups -OCH3 is 1. The summed E-state index contributed by atoms with van der Waals surface area (Å²) in [4.78, 5) is 12.6. The van der Waals surface area contributed by atoms with Gasteiger partial charge < -0.3 is 14.8 Å². The maximum atomic E-state index is 12.9. The number of ether oxygens (including phenoxy) is 2. The van der Waals surface area contributed by atoms with Crippen LogP contribution in [0.15, 0.2) is 53.4 Å². The highest BCUT2D eigenvalue weighted by Gasteiger charge is 2.25. The molecule has 0 unspecified atom stereocenters. The number of sulfonamides is 1. The van der Waals surface area contributed by atoms with Crippen LogP contribution in [0.5, 0.6) is 11.5 Å². The Hall–Kier alpha value is -2.58. The lowest BCUT2D eigenvalue weighted by molar-refractivity contribution is -0.121. The summed E-state index contributed by atoms with van der Waals surface area (Å²) < 4.78 is 37.4. The SMILES string of the molecule is CCOc1ccc(S(=O)(=O)N(CC)CC(=O)N[C@@H](C)c2ccc(OC)cc2)cc1. The van der Waals surface area contributed by atoms with Crippen molar-refractivity contribution in [2.75, 3.05) is 26.8 Å². The molecule has 1 atom stereocenters. The molecule has 8 heteroatoms. The molecule has 29 heavy (non-hydrogen) atoms. The molecule has 0 spiro atoms. The first-order valence-electron chi connectivity index (χ1n) is 9.48. The van der Waals surface area contributed by atoms with Crippen molar-refractivity contribution in [2.24, 2.45) is 0 Å². The number of benzene rings is 2. The van der Waals surface area contributed by atoms with Gasteiger partial charge in [-0.15, -0.1) is 0 Å². The van der Waals surface area contributed by atoms with Crippen LogP contribution in [-0.2, 0) is 14.8 Å². The number of nitrogens with one attached hydrogen (secondary N) is 1. The molecule has 0 saturated carbocycles. The van der Waals surface area contributed by atoms with Crippen LogP contribution < -0.4 is 14.8 Å². The molecule has 0 aliphatic heterocycles. The minimum atomic E-state index is -3.79. The number of carbonyl (C=O) groups excluding carboxylic acids is 1. The van der Waals surface area contributed by atoms with Crippen LogP contribution in [0.3, 0.4) is 0 Å². The van der Waals surface area contributed by atoms with E-state index in [-0.39, 0.29) is 29.9 Å². The Balaban J connectivity index is 2.05. The van der Waals surface area contributed by atoms with Crippen LogP contribution in [0, 0.1) is 0 Å². The summed E-state index contributed by atoms with van der Waals surface area (Å²) in [5, 5.41) is 2.84. The van der Waals surface area contributed by atoms with E-state index in [1.54, 1.807) is 26.2 Å². The normalized spacial score (nSPS) is 12.4. The molecular formula is C21H28N2O5S. The monoisotopic (exact) mass is 420 g/mol. The average molecular weight is 421 g/mol. The molecule has 0 aliphatic rings. The smallest absolute Gasteiger partial charge is 0.243 e. The number of nitrogens with zero attached hydrogens (tertiary/aromatic N) is 1. The van der Waals surface area contributed by atoms with Crippen molar-refractivity contribution in [3.8, 4) is 11.5 Å². The molecule has 1 amide bonds. The largest absolute Gasteiger partial charge is 0.497 e. The minimum absolute atomic E-state index is 0.124. The molecule has 0 saturated heterocycles. The van der Waals surface area contributed by atoms with Gasteiger partial charge in [-0.05, 0) is 55.8 Å². The van der Waals surface area contributed by atoms with Crippen molar-refractivity contribution < 1.29 is 22.7 Å². The van der Waals surface area contributed by atoms with E-state index in [1.807, 2.05) is 38.1 Å². The van der Waals surface area contributed by atoms with Gasteiger partial charge in [-0.25, -0.2) is 8.42 Å². The van der Waals surface area contributed by atoms with Crippen molar-refractivity contribution >= 4 is 15.9 Å². The first kappa shape index (κ1) is 22.7. The van der Waals surface area contributed by atoms with Crippen molar-refractivity contribution in [1.29, 1.82) is 0 Å². The van der Waals surface area contributed by atoms with Crippen LogP contribution >= 0.6 is 0 Å². The molecule has 0 aliphatic carbocycles. The number of likely N-dealkylation sites (N-methyl/N-ethyl adjacent to an activating group) is 1. The summed E-state index contributed by atoms with van der Waals surface area (Å²) in [7, 11) is -2.20. The predicted molar refractivity (Wildman–Crippen MR) is 112 cm³/mol. The molecule has 1 N–H and O–H groups in total. The second-order valence-corrected chi connectivity index (χ2v) is 8.34. The molecule has 158 valence electrons. The van der Waals surface area contributed by atoms with Crippen LogP contribution in [0.2, 0.25) is 0 Å². The van der Waals surface area contributed by atoms with E-state index in [4.69, 9.17) is 9.47 Å². The van der Waals surface area contributed by atoms with Gasteiger partial charge in [-0.3, -0.25) is 4.79 Å². The second kappa shape index (κ2) is 10.3. The third-order valence-corrected chi connectivity index (χ3v) is 6.37. The maximum absolute atomic E-state index is 12.9. The van der Waals surface area contributed by atoms with Gasteiger partial charge in [0.25, 0.3) is 0 Å². The number of rotatable bonds is 10. The third-order valence-electron chi connectivity index (χ3n) is 4.44. The first-order valence-corrected chi connectivity index (χ1v) is 10.9. The van der Waals surface area contributed by atoms with E-state index in [0.29, 0.717) is 12.4 Å². The fourth-order valence-corrected chi connectivity index (χ4v) is 4.22. The Morgan fingerprint density at radius 3 is 2.14 bits per heavy atom. The van der Waals surface area contributed by atoms with E-state index < -0.39 is 10.0 Å². The van der Waals surface area contributed by atoms with E-state index >= 15 is 0 Å². The second-order valence-electron chi connectivity index (χ2n) is 6.40. The molecule has 0 bridgehead atoms. The van der Waals surface area contributed by atoms with Gasteiger partial charge in [-0.1, -0.05) is 19.1 Å². The van der Waals surface area contributed by atoms with Crippen molar-refractivity contribution in [1.82, 2.24) is 9.62 Å². The molecule has 0 aromatic heterocycles. The lowest BCUT2D eigenvalue weighted by atomic mass is 10.1. The van der Waals surface area contributed by atoms with Gasteiger partial charge in [0.2, 0.25) is 15.9 Å². The molecule has 2 rings (SSSR count). The molecule has 7 nitrogen and oxygen atoms in total. The van der Waals surface area contributed by atoms with E-state index in [9.17, 15) is 13.2 Å². The topological polar surface area (TPSA) is 84.9 Å². The highest BCUT2D eigenvalue weighted by molar-refractivity contribution is 7.89. The van der Waals surface area contributed by atoms with Crippen molar-refractivity contribution in [3.05, 3.63) is 54.1 Å². The van der Waals surface area contributed by atoms with Gasteiger partial charge >= 0.3 is 0 Å². The van der Waals surface area contributed by atoms with Crippen LogP contribution in [0.25, 0.3) is 0 Å². The van der Waals surface area contributed by atoms with E-state index in [1.165, 1.54) is 12.1 Å². The quantitative estimate of drug-likeness (QED) is 0.639. The van der Waals surface area contributed by atoms with Gasteiger partial charge in [0.05, 0.1) is 31.2 Å². The summed E-state index contributed by atoms with van der Waals surface area (Å²) in [6.07, 6.45) is 0.